The third-order valence-corrected chi connectivity index (χ3v) is 5.04. The molecule has 0 bridgehead atoms. The molecule has 2 aliphatic heterocycles. The minimum Gasteiger partial charge on any atom is -0.377 e. The Labute approximate surface area is 129 Å². The predicted octanol–water partition coefficient (Wildman–Crippen LogP) is 1.50. The first-order valence-electron chi connectivity index (χ1n) is 7.66. The van der Waals surface area contributed by atoms with Crippen LogP contribution in [0.4, 0.5) is 0 Å². The molecule has 0 aromatic carbocycles. The van der Waals surface area contributed by atoms with E-state index < -0.39 is 0 Å². The first-order valence-corrected chi connectivity index (χ1v) is 8.54. The lowest BCUT2D eigenvalue weighted by Gasteiger charge is -2.39. The molecular weight excluding hydrogens is 286 g/mol. The summed E-state index contributed by atoms with van der Waals surface area (Å²) in [7, 11) is 0. The van der Waals surface area contributed by atoms with Gasteiger partial charge in [0.05, 0.1) is 18.6 Å². The van der Waals surface area contributed by atoms with Crippen molar-refractivity contribution in [1.29, 1.82) is 0 Å². The van der Waals surface area contributed by atoms with Gasteiger partial charge in [-0.25, -0.2) is 4.98 Å². The summed E-state index contributed by atoms with van der Waals surface area (Å²) in [6.45, 7) is 7.34. The second kappa shape index (κ2) is 6.42. The smallest absolute Gasteiger partial charge is 0.224 e. The number of ether oxygens (including phenoxy) is 1. The summed E-state index contributed by atoms with van der Waals surface area (Å²) >= 11 is 1.67. The number of likely N-dealkylation sites (tertiary alicyclic amines) is 1. The Morgan fingerprint density at radius 2 is 2.43 bits per heavy atom. The van der Waals surface area contributed by atoms with Gasteiger partial charge in [-0.15, -0.1) is 11.3 Å². The Bertz CT molecular complexity index is 477. The summed E-state index contributed by atoms with van der Waals surface area (Å²) in [6, 6.07) is 0.188. The van der Waals surface area contributed by atoms with Gasteiger partial charge in [-0.3, -0.25) is 9.69 Å². The fraction of sp³-hybridized carbons (Fsp3) is 0.733. The highest BCUT2D eigenvalue weighted by molar-refractivity contribution is 7.09. The van der Waals surface area contributed by atoms with Gasteiger partial charge < -0.3 is 10.1 Å². The van der Waals surface area contributed by atoms with Crippen LogP contribution < -0.4 is 5.32 Å². The summed E-state index contributed by atoms with van der Waals surface area (Å²) in [4.78, 5) is 19.2. The first kappa shape index (κ1) is 14.9. The lowest BCUT2D eigenvalue weighted by atomic mass is 9.82. The molecule has 3 rings (SSSR count). The minimum atomic E-state index is 0.0358. The Morgan fingerprint density at radius 1 is 1.57 bits per heavy atom. The number of piperidine rings is 1. The maximum Gasteiger partial charge on any atom is 0.224 e. The number of carbonyl (C=O) groups excluding carboxylic acids is 1. The largest absolute Gasteiger partial charge is 0.377 e. The zero-order chi connectivity index (χ0) is 14.8. The number of fused-ring (bicyclic) bond motifs is 1. The van der Waals surface area contributed by atoms with Crippen LogP contribution in [0.3, 0.4) is 0 Å². The SMILES string of the molecule is CC(C)NC(=O)[C@@H]1CN(Cc2nccs2)C[C@@H]2OCC[C@@H]21. The van der Waals surface area contributed by atoms with Crippen LogP contribution in [-0.2, 0) is 16.1 Å². The molecule has 0 saturated carbocycles. The van der Waals surface area contributed by atoms with Crippen molar-refractivity contribution in [2.75, 3.05) is 19.7 Å². The molecule has 0 unspecified atom stereocenters. The molecule has 2 saturated heterocycles. The molecule has 0 spiro atoms. The van der Waals surface area contributed by atoms with Gasteiger partial charge in [0.2, 0.25) is 5.91 Å². The monoisotopic (exact) mass is 309 g/mol. The molecule has 1 amide bonds. The van der Waals surface area contributed by atoms with Crippen LogP contribution in [0.2, 0.25) is 0 Å². The van der Waals surface area contributed by atoms with Crippen LogP contribution in [-0.4, -0.2) is 47.6 Å². The fourth-order valence-electron chi connectivity index (χ4n) is 3.38. The highest BCUT2D eigenvalue weighted by atomic mass is 32.1. The van der Waals surface area contributed by atoms with Crippen molar-refractivity contribution in [2.24, 2.45) is 11.8 Å². The molecule has 0 aliphatic carbocycles. The minimum absolute atomic E-state index is 0.0358. The van der Waals surface area contributed by atoms with Gasteiger partial charge in [-0.1, -0.05) is 0 Å². The lowest BCUT2D eigenvalue weighted by molar-refractivity contribution is -0.131. The quantitative estimate of drug-likeness (QED) is 0.916. The highest BCUT2D eigenvalue weighted by Gasteiger charge is 2.43. The van der Waals surface area contributed by atoms with Gasteiger partial charge >= 0.3 is 0 Å². The van der Waals surface area contributed by atoms with Crippen molar-refractivity contribution in [1.82, 2.24) is 15.2 Å². The second-order valence-electron chi connectivity index (χ2n) is 6.25. The predicted molar refractivity (Wildman–Crippen MR) is 82.0 cm³/mol. The van der Waals surface area contributed by atoms with Crippen molar-refractivity contribution in [3.05, 3.63) is 16.6 Å². The molecular formula is C15H23N3O2S. The molecule has 2 fully saturated rings. The van der Waals surface area contributed by atoms with Gasteiger partial charge in [-0.2, -0.15) is 0 Å². The van der Waals surface area contributed by atoms with Crippen molar-refractivity contribution in [3.63, 3.8) is 0 Å². The van der Waals surface area contributed by atoms with Gasteiger partial charge in [0, 0.05) is 43.2 Å². The number of hydrogen-bond acceptors (Lipinski definition) is 5. The van der Waals surface area contributed by atoms with Crippen LogP contribution in [0.5, 0.6) is 0 Å². The standard InChI is InChI=1S/C15H23N3O2S/c1-10(2)17-15(19)12-7-18(9-14-16-4-6-21-14)8-13-11(12)3-5-20-13/h4,6,10-13H,3,5,7-9H2,1-2H3,(H,17,19)/t11-,12-,13+/m1/s1. The summed E-state index contributed by atoms with van der Waals surface area (Å²) in [5.41, 5.74) is 0. The second-order valence-corrected chi connectivity index (χ2v) is 7.23. The Kier molecular flexibility index (Phi) is 4.57. The summed E-state index contributed by atoms with van der Waals surface area (Å²) in [5.74, 6) is 0.583. The van der Waals surface area contributed by atoms with Gasteiger partial charge in [0.1, 0.15) is 5.01 Å². The lowest BCUT2D eigenvalue weighted by Crippen LogP contribution is -2.53. The average Bonchev–Trinajstić information content (AvgIpc) is 3.07. The zero-order valence-electron chi connectivity index (χ0n) is 12.6. The summed E-state index contributed by atoms with van der Waals surface area (Å²) in [6.07, 6.45) is 3.04. The normalized spacial score (nSPS) is 29.6. The van der Waals surface area contributed by atoms with E-state index in [4.69, 9.17) is 4.74 Å². The third kappa shape index (κ3) is 3.44. The average molecular weight is 309 g/mol. The van der Waals surface area contributed by atoms with Gasteiger partial charge in [-0.05, 0) is 20.3 Å². The molecule has 1 aromatic rings. The van der Waals surface area contributed by atoms with Gasteiger partial charge in [0.15, 0.2) is 0 Å². The van der Waals surface area contributed by atoms with Crippen LogP contribution >= 0.6 is 11.3 Å². The number of rotatable bonds is 4. The molecule has 1 N–H and O–H groups in total. The Balaban J connectivity index is 1.69. The zero-order valence-corrected chi connectivity index (χ0v) is 13.4. The van der Waals surface area contributed by atoms with E-state index in [1.165, 1.54) is 0 Å². The van der Waals surface area contributed by atoms with E-state index in [2.05, 4.69) is 15.2 Å². The maximum absolute atomic E-state index is 12.5. The van der Waals surface area contributed by atoms with Crippen LogP contribution in [0, 0.1) is 11.8 Å². The van der Waals surface area contributed by atoms with Crippen molar-refractivity contribution < 1.29 is 9.53 Å². The van der Waals surface area contributed by atoms with E-state index in [-0.39, 0.29) is 24.0 Å². The van der Waals surface area contributed by atoms with Crippen molar-refractivity contribution in [3.8, 4) is 0 Å². The molecule has 21 heavy (non-hydrogen) atoms. The van der Waals surface area contributed by atoms with Crippen molar-refractivity contribution >= 4 is 17.2 Å². The van der Waals surface area contributed by atoms with E-state index in [1.54, 1.807) is 11.3 Å². The van der Waals surface area contributed by atoms with E-state index in [0.29, 0.717) is 5.92 Å². The first-order chi connectivity index (χ1) is 10.1. The summed E-state index contributed by atoms with van der Waals surface area (Å²) < 4.78 is 5.85. The van der Waals surface area contributed by atoms with E-state index in [1.807, 2.05) is 25.4 Å². The van der Waals surface area contributed by atoms with Crippen LogP contribution in [0.25, 0.3) is 0 Å². The Hall–Kier alpha value is -0.980. The number of amides is 1. The Morgan fingerprint density at radius 3 is 3.14 bits per heavy atom. The molecule has 0 radical (unpaired) electrons. The number of aromatic nitrogens is 1. The fourth-order valence-corrected chi connectivity index (χ4v) is 4.03. The molecule has 5 nitrogen and oxygen atoms in total. The molecule has 3 heterocycles. The highest BCUT2D eigenvalue weighted by Crippen LogP contribution is 2.34. The van der Waals surface area contributed by atoms with E-state index >= 15 is 0 Å². The van der Waals surface area contributed by atoms with Crippen LogP contribution in [0.15, 0.2) is 11.6 Å². The van der Waals surface area contributed by atoms with Gasteiger partial charge in [0.25, 0.3) is 0 Å². The third-order valence-electron chi connectivity index (χ3n) is 4.28. The maximum atomic E-state index is 12.5. The number of thiazole rings is 1. The van der Waals surface area contributed by atoms with Crippen LogP contribution in [0.1, 0.15) is 25.3 Å². The molecule has 2 aliphatic rings. The molecule has 116 valence electrons. The number of nitrogens with one attached hydrogen (secondary N) is 1. The molecule has 3 atom stereocenters. The number of carbonyl (C=O) groups is 1. The summed E-state index contributed by atoms with van der Waals surface area (Å²) in [5, 5.41) is 6.17. The van der Waals surface area contributed by atoms with Crippen molar-refractivity contribution in [2.45, 2.75) is 39.0 Å². The number of nitrogens with zero attached hydrogens (tertiary/aromatic N) is 2. The molecule has 1 aromatic heterocycles. The molecule has 6 heteroatoms. The van der Waals surface area contributed by atoms with E-state index in [0.717, 1.165) is 37.7 Å². The van der Waals surface area contributed by atoms with E-state index in [9.17, 15) is 4.79 Å². The number of hydrogen-bond donors (Lipinski definition) is 1. The topological polar surface area (TPSA) is 54.5 Å².